The molecule has 0 unspecified atom stereocenters. The number of nitrogens with zero attached hydrogens (tertiary/aromatic N) is 1. The molecule has 1 fully saturated rings. The van der Waals surface area contributed by atoms with Crippen LogP contribution in [0.5, 0.6) is 0 Å². The van der Waals surface area contributed by atoms with Gasteiger partial charge in [0.2, 0.25) is 0 Å². The SMILES string of the molecule is O=C(OCCC1CC1)c1cccc([N+](=O)[O-])c1Br. The van der Waals surface area contributed by atoms with Gasteiger partial charge in [-0.1, -0.05) is 18.9 Å². The van der Waals surface area contributed by atoms with Gasteiger partial charge in [-0.25, -0.2) is 4.79 Å². The van der Waals surface area contributed by atoms with E-state index in [1.807, 2.05) is 0 Å². The molecule has 0 radical (unpaired) electrons. The zero-order valence-corrected chi connectivity index (χ0v) is 11.2. The third kappa shape index (κ3) is 3.07. The molecule has 1 aliphatic carbocycles. The van der Waals surface area contributed by atoms with Crippen LogP contribution in [-0.4, -0.2) is 17.5 Å². The van der Waals surface area contributed by atoms with Crippen LogP contribution in [-0.2, 0) is 4.74 Å². The van der Waals surface area contributed by atoms with Gasteiger partial charge in [0.25, 0.3) is 5.69 Å². The zero-order chi connectivity index (χ0) is 13.1. The highest BCUT2D eigenvalue weighted by molar-refractivity contribution is 9.10. The first-order chi connectivity index (χ1) is 8.59. The smallest absolute Gasteiger partial charge is 0.339 e. The normalized spacial score (nSPS) is 14.3. The predicted octanol–water partition coefficient (Wildman–Crippen LogP) is 3.31. The molecule has 96 valence electrons. The van der Waals surface area contributed by atoms with Crippen LogP contribution in [0.3, 0.4) is 0 Å². The summed E-state index contributed by atoms with van der Waals surface area (Å²) in [4.78, 5) is 22.0. The van der Waals surface area contributed by atoms with E-state index in [-0.39, 0.29) is 15.7 Å². The van der Waals surface area contributed by atoms with Crippen molar-refractivity contribution in [1.82, 2.24) is 0 Å². The van der Waals surface area contributed by atoms with Gasteiger partial charge in [0.05, 0.1) is 17.1 Å². The first-order valence-electron chi connectivity index (χ1n) is 5.69. The van der Waals surface area contributed by atoms with Crippen molar-refractivity contribution >= 4 is 27.6 Å². The average molecular weight is 314 g/mol. The predicted molar refractivity (Wildman–Crippen MR) is 68.4 cm³/mol. The Morgan fingerprint density at radius 2 is 2.22 bits per heavy atom. The molecule has 5 nitrogen and oxygen atoms in total. The Morgan fingerprint density at radius 3 is 2.83 bits per heavy atom. The second-order valence-corrected chi connectivity index (χ2v) is 5.06. The van der Waals surface area contributed by atoms with Crippen molar-refractivity contribution in [2.75, 3.05) is 6.61 Å². The number of hydrogen-bond donors (Lipinski definition) is 0. The van der Waals surface area contributed by atoms with Crippen LogP contribution in [0, 0.1) is 16.0 Å². The fourth-order valence-electron chi connectivity index (χ4n) is 1.62. The molecular formula is C12H12BrNO4. The highest BCUT2D eigenvalue weighted by atomic mass is 79.9. The molecule has 0 atom stereocenters. The van der Waals surface area contributed by atoms with E-state index < -0.39 is 10.9 Å². The monoisotopic (exact) mass is 313 g/mol. The maximum absolute atomic E-state index is 11.8. The van der Waals surface area contributed by atoms with Gasteiger partial charge in [0.1, 0.15) is 4.47 Å². The molecule has 2 rings (SSSR count). The lowest BCUT2D eigenvalue weighted by Gasteiger charge is -2.06. The van der Waals surface area contributed by atoms with E-state index in [9.17, 15) is 14.9 Å². The van der Waals surface area contributed by atoms with Gasteiger partial charge < -0.3 is 4.74 Å². The summed E-state index contributed by atoms with van der Waals surface area (Å²) in [6, 6.07) is 4.32. The summed E-state index contributed by atoms with van der Waals surface area (Å²) in [6.45, 7) is 0.374. The Balaban J connectivity index is 2.04. The zero-order valence-electron chi connectivity index (χ0n) is 9.60. The van der Waals surface area contributed by atoms with Crippen molar-refractivity contribution in [2.24, 2.45) is 5.92 Å². The largest absolute Gasteiger partial charge is 0.462 e. The van der Waals surface area contributed by atoms with E-state index in [1.54, 1.807) is 0 Å². The van der Waals surface area contributed by atoms with Crippen LogP contribution >= 0.6 is 15.9 Å². The fourth-order valence-corrected chi connectivity index (χ4v) is 2.19. The van der Waals surface area contributed by atoms with E-state index in [4.69, 9.17) is 4.74 Å². The molecule has 1 aliphatic rings. The molecule has 0 amide bonds. The molecule has 6 heteroatoms. The minimum atomic E-state index is -0.537. The van der Waals surface area contributed by atoms with Crippen molar-refractivity contribution in [2.45, 2.75) is 19.3 Å². The summed E-state index contributed by atoms with van der Waals surface area (Å²) in [5, 5.41) is 10.7. The molecule has 0 aromatic heterocycles. The summed E-state index contributed by atoms with van der Waals surface area (Å²) < 4.78 is 5.28. The third-order valence-corrected chi connectivity index (χ3v) is 3.68. The molecule has 0 N–H and O–H groups in total. The summed E-state index contributed by atoms with van der Waals surface area (Å²) in [6.07, 6.45) is 3.29. The van der Waals surface area contributed by atoms with Crippen molar-refractivity contribution < 1.29 is 14.5 Å². The van der Waals surface area contributed by atoms with Crippen molar-refractivity contribution in [3.63, 3.8) is 0 Å². The molecule has 0 heterocycles. The topological polar surface area (TPSA) is 69.4 Å². The van der Waals surface area contributed by atoms with Crippen LogP contribution in [0.1, 0.15) is 29.6 Å². The van der Waals surface area contributed by atoms with Crippen LogP contribution in [0.4, 0.5) is 5.69 Å². The van der Waals surface area contributed by atoms with E-state index in [2.05, 4.69) is 15.9 Å². The quantitative estimate of drug-likeness (QED) is 0.475. The number of esters is 1. The maximum Gasteiger partial charge on any atom is 0.339 e. The lowest BCUT2D eigenvalue weighted by molar-refractivity contribution is -0.385. The Morgan fingerprint density at radius 1 is 1.50 bits per heavy atom. The Bertz CT molecular complexity index is 485. The van der Waals surface area contributed by atoms with Gasteiger partial charge in [-0.05, 0) is 34.3 Å². The lowest BCUT2D eigenvalue weighted by Crippen LogP contribution is -2.08. The first kappa shape index (κ1) is 13.0. The molecule has 1 aromatic rings. The summed E-state index contributed by atoms with van der Waals surface area (Å²) in [5.41, 5.74) is 0.0617. The first-order valence-corrected chi connectivity index (χ1v) is 6.49. The number of carbonyl (C=O) groups excluding carboxylic acids is 1. The van der Waals surface area contributed by atoms with Gasteiger partial charge in [0, 0.05) is 6.07 Å². The number of ether oxygens (including phenoxy) is 1. The lowest BCUT2D eigenvalue weighted by atomic mass is 10.2. The standard InChI is InChI=1S/C12H12BrNO4/c13-11-9(2-1-3-10(11)14(16)17)12(15)18-7-6-8-4-5-8/h1-3,8H,4-7H2. The number of carbonyl (C=O) groups is 1. The van der Waals surface area contributed by atoms with Gasteiger partial charge in [0.15, 0.2) is 0 Å². The van der Waals surface area contributed by atoms with Gasteiger partial charge >= 0.3 is 5.97 Å². The molecule has 0 aliphatic heterocycles. The van der Waals surface area contributed by atoms with Crippen molar-refractivity contribution in [3.05, 3.63) is 38.3 Å². The summed E-state index contributed by atoms with van der Waals surface area (Å²) in [7, 11) is 0. The van der Waals surface area contributed by atoms with Crippen LogP contribution < -0.4 is 0 Å². The van der Waals surface area contributed by atoms with E-state index >= 15 is 0 Å². The molecule has 0 bridgehead atoms. The second-order valence-electron chi connectivity index (χ2n) is 4.26. The average Bonchev–Trinajstić information content (AvgIpc) is 3.12. The highest BCUT2D eigenvalue weighted by Crippen LogP contribution is 2.32. The molecule has 1 aromatic carbocycles. The number of benzene rings is 1. The minimum Gasteiger partial charge on any atom is -0.462 e. The van der Waals surface area contributed by atoms with E-state index in [0.717, 1.165) is 6.42 Å². The van der Waals surface area contributed by atoms with Gasteiger partial charge in [-0.3, -0.25) is 10.1 Å². The summed E-state index contributed by atoms with van der Waals surface area (Å²) in [5.74, 6) is 0.164. The van der Waals surface area contributed by atoms with Crippen molar-refractivity contribution in [3.8, 4) is 0 Å². The third-order valence-electron chi connectivity index (χ3n) is 2.85. The van der Waals surface area contributed by atoms with Gasteiger partial charge in [-0.15, -0.1) is 0 Å². The molecular weight excluding hydrogens is 302 g/mol. The highest BCUT2D eigenvalue weighted by Gasteiger charge is 2.23. The maximum atomic E-state index is 11.8. The molecule has 18 heavy (non-hydrogen) atoms. The van der Waals surface area contributed by atoms with Crippen LogP contribution in [0.2, 0.25) is 0 Å². The summed E-state index contributed by atoms with van der Waals surface area (Å²) >= 11 is 3.07. The second kappa shape index (κ2) is 5.48. The van der Waals surface area contributed by atoms with Crippen LogP contribution in [0.15, 0.2) is 22.7 Å². The fraction of sp³-hybridized carbons (Fsp3) is 0.417. The van der Waals surface area contributed by atoms with Crippen molar-refractivity contribution in [1.29, 1.82) is 0 Å². The van der Waals surface area contributed by atoms with Gasteiger partial charge in [-0.2, -0.15) is 0 Å². The number of rotatable bonds is 5. The number of halogens is 1. The Kier molecular flexibility index (Phi) is 3.96. The van der Waals surface area contributed by atoms with E-state index in [0.29, 0.717) is 12.5 Å². The number of hydrogen-bond acceptors (Lipinski definition) is 4. The number of nitro groups is 1. The molecule has 0 spiro atoms. The Hall–Kier alpha value is -1.43. The van der Waals surface area contributed by atoms with E-state index in [1.165, 1.54) is 31.0 Å². The molecule has 0 saturated heterocycles. The Labute approximate surface area is 112 Å². The molecule has 1 saturated carbocycles. The minimum absolute atomic E-state index is 0.133. The van der Waals surface area contributed by atoms with Crippen LogP contribution in [0.25, 0.3) is 0 Å². The number of nitro benzene ring substituents is 1.